The molecular weight excluding hydrogens is 520 g/mol. The monoisotopic (exact) mass is 560 g/mol. The first-order valence-corrected chi connectivity index (χ1v) is 15.8. The molecule has 0 spiro atoms. The molecule has 0 N–H and O–H groups in total. The predicted octanol–water partition coefficient (Wildman–Crippen LogP) is 8.80. The van der Waals surface area contributed by atoms with Gasteiger partial charge in [-0.1, -0.05) is 67.6 Å². The number of hydrogen-bond acceptors (Lipinski definition) is 5. The lowest BCUT2D eigenvalue weighted by atomic mass is 9.50. The number of aldehydes is 1. The fraction of sp³-hybridized carbons (Fsp3) is 0.459. The van der Waals surface area contributed by atoms with Crippen LogP contribution in [0.4, 0.5) is 5.69 Å². The molecule has 5 heteroatoms. The summed E-state index contributed by atoms with van der Waals surface area (Å²) in [6.45, 7) is 3.13. The summed E-state index contributed by atoms with van der Waals surface area (Å²) in [5.74, 6) is 2.75. The lowest BCUT2D eigenvalue weighted by molar-refractivity contribution is -0.154. The second-order valence-corrected chi connectivity index (χ2v) is 13.4. The first kappa shape index (κ1) is 27.2. The molecular formula is C37H40N2O3. The van der Waals surface area contributed by atoms with Gasteiger partial charge in [-0.15, -0.1) is 0 Å². The van der Waals surface area contributed by atoms with Crippen molar-refractivity contribution in [2.45, 2.75) is 76.4 Å². The fourth-order valence-corrected chi connectivity index (χ4v) is 9.69. The molecule has 3 aromatic rings. The van der Waals surface area contributed by atoms with Crippen LogP contribution in [0.3, 0.4) is 0 Å². The molecule has 5 aliphatic rings. The Labute approximate surface area is 248 Å². The van der Waals surface area contributed by atoms with Gasteiger partial charge in [-0.05, 0) is 115 Å². The predicted molar refractivity (Wildman–Crippen MR) is 163 cm³/mol. The van der Waals surface area contributed by atoms with Gasteiger partial charge in [0.25, 0.3) is 6.47 Å². The van der Waals surface area contributed by atoms with E-state index in [-0.39, 0.29) is 17.6 Å². The highest BCUT2D eigenvalue weighted by molar-refractivity contribution is 5.83. The van der Waals surface area contributed by atoms with E-state index in [0.29, 0.717) is 47.3 Å². The molecule has 5 aliphatic carbocycles. The summed E-state index contributed by atoms with van der Waals surface area (Å²) in [5, 5.41) is 9.56. The molecule has 0 amide bonds. The Bertz CT molecular complexity index is 1420. The third-order valence-corrected chi connectivity index (χ3v) is 11.4. The number of carbonyl (C=O) groups excluding carboxylic acids is 2. The average Bonchev–Trinajstić information content (AvgIpc) is 3.23. The molecule has 216 valence electrons. The topological polar surface area (TPSA) is 68.1 Å². The van der Waals surface area contributed by atoms with E-state index in [1.54, 1.807) is 0 Å². The van der Waals surface area contributed by atoms with Gasteiger partial charge in [0.2, 0.25) is 0 Å². The first-order chi connectivity index (χ1) is 20.6. The summed E-state index contributed by atoms with van der Waals surface area (Å²) in [5.41, 5.74) is 6.11. The number of nitrogens with zero attached hydrogens (tertiary/aromatic N) is 2. The minimum Gasteiger partial charge on any atom is -0.464 e. The van der Waals surface area contributed by atoms with Crippen LogP contribution < -0.4 is 0 Å². The van der Waals surface area contributed by atoms with Crippen molar-refractivity contribution in [1.29, 1.82) is 0 Å². The summed E-state index contributed by atoms with van der Waals surface area (Å²) in [4.78, 5) is 24.1. The van der Waals surface area contributed by atoms with Crippen LogP contribution in [0.1, 0.15) is 96.4 Å². The second kappa shape index (κ2) is 11.2. The van der Waals surface area contributed by atoms with Gasteiger partial charge in [0.05, 0.1) is 5.69 Å². The van der Waals surface area contributed by atoms with Crippen LogP contribution in [0.2, 0.25) is 0 Å². The van der Waals surface area contributed by atoms with E-state index in [1.165, 1.54) is 36.8 Å². The Morgan fingerprint density at radius 1 is 0.857 bits per heavy atom. The van der Waals surface area contributed by atoms with Crippen molar-refractivity contribution in [3.63, 3.8) is 0 Å². The number of ether oxygens (including phenoxy) is 1. The van der Waals surface area contributed by atoms with Gasteiger partial charge in [0, 0.05) is 11.0 Å². The maximum atomic E-state index is 12.4. The van der Waals surface area contributed by atoms with Gasteiger partial charge >= 0.3 is 0 Å². The van der Waals surface area contributed by atoms with Crippen LogP contribution in [0.25, 0.3) is 0 Å². The van der Waals surface area contributed by atoms with Crippen LogP contribution in [0, 0.1) is 29.1 Å². The zero-order valence-electron chi connectivity index (χ0n) is 24.4. The maximum absolute atomic E-state index is 12.4. The maximum Gasteiger partial charge on any atom is 0.293 e. The third-order valence-electron chi connectivity index (χ3n) is 11.4. The summed E-state index contributed by atoms with van der Waals surface area (Å²) >= 11 is 0. The number of hydrogen-bond donors (Lipinski definition) is 0. The molecule has 2 bridgehead atoms. The SMILES string of the molecule is CC12CCC3c4cc(C=O)c(N=NC(c5ccccc5)c5ccccc5)cc4CCC3C1C1CCC(CC1)C2OC=O. The molecule has 0 heterocycles. The molecule has 42 heavy (non-hydrogen) atoms. The molecule has 0 aromatic heterocycles. The van der Waals surface area contributed by atoms with Crippen LogP contribution in [-0.2, 0) is 16.0 Å². The smallest absolute Gasteiger partial charge is 0.293 e. The minimum atomic E-state index is -0.240. The van der Waals surface area contributed by atoms with Gasteiger partial charge in [-0.3, -0.25) is 9.59 Å². The Hall–Kier alpha value is -3.60. The minimum absolute atomic E-state index is 0.0327. The summed E-state index contributed by atoms with van der Waals surface area (Å²) in [7, 11) is 0. The van der Waals surface area contributed by atoms with Gasteiger partial charge < -0.3 is 4.74 Å². The van der Waals surface area contributed by atoms with Crippen molar-refractivity contribution in [2.24, 2.45) is 39.3 Å². The lowest BCUT2D eigenvalue weighted by Crippen LogP contribution is -2.51. The van der Waals surface area contributed by atoms with Gasteiger partial charge in [0.15, 0.2) is 6.29 Å². The highest BCUT2D eigenvalue weighted by Gasteiger charge is 2.59. The zero-order chi connectivity index (χ0) is 28.7. The highest BCUT2D eigenvalue weighted by Crippen LogP contribution is 2.64. The van der Waals surface area contributed by atoms with Crippen LogP contribution in [0.15, 0.2) is 83.0 Å². The largest absolute Gasteiger partial charge is 0.464 e. The zero-order valence-corrected chi connectivity index (χ0v) is 24.4. The summed E-state index contributed by atoms with van der Waals surface area (Å²) in [6.07, 6.45) is 10.1. The van der Waals surface area contributed by atoms with E-state index < -0.39 is 0 Å². The van der Waals surface area contributed by atoms with Gasteiger partial charge in [0.1, 0.15) is 12.1 Å². The van der Waals surface area contributed by atoms with Crippen molar-refractivity contribution in [1.82, 2.24) is 0 Å². The molecule has 5 unspecified atom stereocenters. The molecule has 5 atom stereocenters. The molecule has 3 aromatic carbocycles. The molecule has 0 saturated heterocycles. The Morgan fingerprint density at radius 2 is 1.52 bits per heavy atom. The van der Waals surface area contributed by atoms with E-state index >= 15 is 0 Å². The van der Waals surface area contributed by atoms with Crippen LogP contribution >= 0.6 is 0 Å². The number of fused-ring (bicyclic) bond motifs is 5. The number of benzene rings is 3. The normalized spacial score (nSPS) is 31.6. The Morgan fingerprint density at radius 3 is 2.17 bits per heavy atom. The molecule has 4 fully saturated rings. The molecule has 0 aliphatic heterocycles. The molecule has 5 nitrogen and oxygen atoms in total. The molecule has 0 radical (unpaired) electrons. The number of carbonyl (C=O) groups is 2. The van der Waals surface area contributed by atoms with Crippen LogP contribution in [0.5, 0.6) is 0 Å². The van der Waals surface area contributed by atoms with Gasteiger partial charge in [-0.25, -0.2) is 0 Å². The standard InChI is InChI=1S/C37H40N2O3/c1-37-19-18-30-31(34(37)24-12-14-27(15-13-24)36(37)42-23-41)17-16-28-21-33(29(22-40)20-32(28)30)38-39-35(25-8-4-2-5-9-25)26-10-6-3-7-11-26/h2-11,20-24,27,30-31,34-36H,12-19H2,1H3. The Kier molecular flexibility index (Phi) is 7.29. The summed E-state index contributed by atoms with van der Waals surface area (Å²) < 4.78 is 5.93. The van der Waals surface area contributed by atoms with E-state index in [1.807, 2.05) is 36.4 Å². The molecule has 8 rings (SSSR count). The second-order valence-electron chi connectivity index (χ2n) is 13.4. The lowest BCUT2D eigenvalue weighted by Gasteiger charge is -2.55. The third kappa shape index (κ3) is 4.62. The van der Waals surface area contributed by atoms with Gasteiger partial charge in [-0.2, -0.15) is 10.2 Å². The van der Waals surface area contributed by atoms with Crippen molar-refractivity contribution in [3.05, 3.63) is 101 Å². The first-order valence-electron chi connectivity index (χ1n) is 15.8. The Balaban J connectivity index is 1.22. The van der Waals surface area contributed by atoms with Crippen molar-refractivity contribution < 1.29 is 14.3 Å². The quantitative estimate of drug-likeness (QED) is 0.214. The number of rotatable bonds is 7. The van der Waals surface area contributed by atoms with Crippen molar-refractivity contribution in [2.75, 3.05) is 0 Å². The van der Waals surface area contributed by atoms with Crippen molar-refractivity contribution >= 4 is 18.4 Å². The number of aryl methyl sites for hydroxylation is 1. The average molecular weight is 561 g/mol. The van der Waals surface area contributed by atoms with E-state index in [9.17, 15) is 9.59 Å². The fourth-order valence-electron chi connectivity index (χ4n) is 9.69. The van der Waals surface area contributed by atoms with E-state index in [2.05, 4.69) is 43.3 Å². The van der Waals surface area contributed by atoms with Crippen molar-refractivity contribution in [3.8, 4) is 0 Å². The highest BCUT2D eigenvalue weighted by atomic mass is 16.5. The van der Waals surface area contributed by atoms with Crippen LogP contribution in [-0.4, -0.2) is 18.9 Å². The summed E-state index contributed by atoms with van der Waals surface area (Å²) in [6, 6.07) is 24.4. The van der Waals surface area contributed by atoms with E-state index in [4.69, 9.17) is 15.0 Å². The number of azo groups is 1. The van der Waals surface area contributed by atoms with E-state index in [0.717, 1.165) is 43.1 Å². The molecule has 4 saturated carbocycles.